The fraction of sp³-hybridized carbons (Fsp3) is 0.500. The summed E-state index contributed by atoms with van der Waals surface area (Å²) in [6.07, 6.45) is 7.60. The summed E-state index contributed by atoms with van der Waals surface area (Å²) in [4.78, 5) is 0. The molecule has 0 saturated carbocycles. The fourth-order valence-electron chi connectivity index (χ4n) is 5.18. The van der Waals surface area contributed by atoms with Crippen molar-refractivity contribution >= 4 is 21.8 Å². The standard InChI is InChI=1S/C26H33NO5S/c1-7-31-19-13-24-21(25(3,4)16-19)12-18-11-20-17(2)15-26(5,6)27(9-8-10-33(28,29)30)22(20)14-23(18)32-24/h11-15H,7-10,16H2,1-6H3/p+1. The molecule has 6 nitrogen and oxygen atoms in total. The van der Waals surface area contributed by atoms with Gasteiger partial charge in [0.15, 0.2) is 5.54 Å². The van der Waals surface area contributed by atoms with Gasteiger partial charge in [-0.15, -0.1) is 0 Å². The smallest absolute Gasteiger partial charge is 0.265 e. The Morgan fingerprint density at radius 1 is 1.18 bits per heavy atom. The van der Waals surface area contributed by atoms with Crippen molar-refractivity contribution in [2.75, 3.05) is 18.9 Å². The van der Waals surface area contributed by atoms with Gasteiger partial charge in [-0.1, -0.05) is 13.8 Å². The molecule has 2 aliphatic heterocycles. The summed E-state index contributed by atoms with van der Waals surface area (Å²) in [5.74, 6) is 2.27. The van der Waals surface area contributed by atoms with Gasteiger partial charge in [0, 0.05) is 54.5 Å². The van der Waals surface area contributed by atoms with E-state index in [-0.39, 0.29) is 16.7 Å². The Bertz CT molecular complexity index is 1330. The number of hydrogen-bond donors (Lipinski definition) is 1. The van der Waals surface area contributed by atoms with Crippen molar-refractivity contribution in [3.05, 3.63) is 57.5 Å². The first-order valence-electron chi connectivity index (χ1n) is 11.5. The lowest BCUT2D eigenvalue weighted by Crippen LogP contribution is -2.50. The van der Waals surface area contributed by atoms with Crippen LogP contribution in [0.1, 0.15) is 59.9 Å². The highest BCUT2D eigenvalue weighted by Crippen LogP contribution is 2.42. The molecule has 3 aliphatic rings. The monoisotopic (exact) mass is 472 g/mol. The van der Waals surface area contributed by atoms with Crippen LogP contribution in [0.3, 0.4) is 0 Å². The molecule has 0 atom stereocenters. The van der Waals surface area contributed by atoms with E-state index in [1.54, 1.807) is 0 Å². The van der Waals surface area contributed by atoms with E-state index >= 15 is 0 Å². The van der Waals surface area contributed by atoms with Crippen LogP contribution in [0, 0.1) is 5.41 Å². The average molecular weight is 473 g/mol. The Kier molecular flexibility index (Phi) is 5.86. The van der Waals surface area contributed by atoms with Gasteiger partial charge in [0.2, 0.25) is 5.36 Å². The van der Waals surface area contributed by atoms with Crippen molar-refractivity contribution in [3.63, 3.8) is 0 Å². The van der Waals surface area contributed by atoms with Crippen molar-refractivity contribution in [1.29, 1.82) is 0 Å². The second kappa shape index (κ2) is 8.13. The molecule has 0 fully saturated rings. The third kappa shape index (κ3) is 4.66. The molecule has 2 heterocycles. The van der Waals surface area contributed by atoms with Crippen LogP contribution in [0.25, 0.3) is 11.6 Å². The van der Waals surface area contributed by atoms with Crippen LogP contribution in [0.15, 0.2) is 41.4 Å². The van der Waals surface area contributed by atoms with Crippen molar-refractivity contribution in [3.8, 4) is 5.75 Å². The Morgan fingerprint density at radius 3 is 2.58 bits per heavy atom. The Morgan fingerprint density at radius 2 is 1.91 bits per heavy atom. The summed E-state index contributed by atoms with van der Waals surface area (Å²) < 4.78 is 46.2. The molecule has 0 amide bonds. The largest absolute Gasteiger partial charge is 0.498 e. The number of nitrogens with zero attached hydrogens (tertiary/aromatic N) is 1. The quantitative estimate of drug-likeness (QED) is 0.507. The van der Waals surface area contributed by atoms with E-state index in [9.17, 15) is 13.0 Å². The van der Waals surface area contributed by atoms with E-state index in [2.05, 4.69) is 63.5 Å². The zero-order valence-corrected chi connectivity index (χ0v) is 21.2. The second-order valence-electron chi connectivity index (χ2n) is 10.3. The first-order chi connectivity index (χ1) is 15.3. The van der Waals surface area contributed by atoms with Crippen molar-refractivity contribution in [1.82, 2.24) is 4.58 Å². The zero-order valence-electron chi connectivity index (χ0n) is 20.4. The zero-order chi connectivity index (χ0) is 24.2. The molecule has 1 aromatic rings. The lowest BCUT2D eigenvalue weighted by atomic mass is 9.75. The van der Waals surface area contributed by atoms with E-state index in [1.165, 1.54) is 11.1 Å². The van der Waals surface area contributed by atoms with Crippen molar-refractivity contribution < 1.29 is 22.4 Å². The number of benzene rings is 1. The molecule has 1 aliphatic carbocycles. The van der Waals surface area contributed by atoms with Gasteiger partial charge in [-0.05, 0) is 37.6 Å². The SMILES string of the molecule is CCOC1=CC2=C(C=c3cc4c(cc3O2)=[N+](CCCS(=O)(=O)O)C(C)(C)C=C4C)C(C)(C)C1. The fourth-order valence-corrected chi connectivity index (χ4v) is 5.67. The summed E-state index contributed by atoms with van der Waals surface area (Å²) in [7, 11) is -4.00. The van der Waals surface area contributed by atoms with Crippen molar-refractivity contribution in [2.24, 2.45) is 5.41 Å². The molecule has 0 radical (unpaired) electrons. The molecule has 4 rings (SSSR count). The molecule has 33 heavy (non-hydrogen) atoms. The predicted octanol–water partition coefficient (Wildman–Crippen LogP) is 3.43. The summed E-state index contributed by atoms with van der Waals surface area (Å²) in [6.45, 7) is 13.9. The molecular weight excluding hydrogens is 438 g/mol. The van der Waals surface area contributed by atoms with Crippen LogP contribution in [-0.2, 0) is 14.9 Å². The summed E-state index contributed by atoms with van der Waals surface area (Å²) >= 11 is 0. The van der Waals surface area contributed by atoms with Gasteiger partial charge >= 0.3 is 0 Å². The van der Waals surface area contributed by atoms with Crippen LogP contribution in [0.4, 0.5) is 0 Å². The first-order valence-corrected chi connectivity index (χ1v) is 13.1. The third-order valence-electron chi connectivity index (χ3n) is 6.65. The summed E-state index contributed by atoms with van der Waals surface area (Å²) in [5.41, 5.74) is 3.06. The maximum atomic E-state index is 11.3. The topological polar surface area (TPSA) is 75.8 Å². The number of fused-ring (bicyclic) bond motifs is 2. The maximum Gasteiger partial charge on any atom is 0.265 e. The van der Waals surface area contributed by atoms with E-state index in [0.717, 1.165) is 39.8 Å². The Hall–Kier alpha value is -2.38. The third-order valence-corrected chi connectivity index (χ3v) is 7.45. The van der Waals surface area contributed by atoms with Crippen molar-refractivity contribution in [2.45, 2.75) is 59.9 Å². The molecule has 0 aromatic heterocycles. The van der Waals surface area contributed by atoms with Gasteiger partial charge in [0.05, 0.1) is 18.4 Å². The normalized spacial score (nSPS) is 20.5. The minimum Gasteiger partial charge on any atom is -0.498 e. The highest BCUT2D eigenvalue weighted by Gasteiger charge is 2.36. The number of rotatable bonds is 6. The van der Waals surface area contributed by atoms with E-state index in [0.29, 0.717) is 19.6 Å². The maximum absolute atomic E-state index is 11.3. The molecule has 1 N–H and O–H groups in total. The van der Waals surface area contributed by atoms with Crippen LogP contribution in [0.2, 0.25) is 0 Å². The molecule has 7 heteroatoms. The van der Waals surface area contributed by atoms with Gasteiger partial charge in [-0.3, -0.25) is 4.55 Å². The van der Waals surface area contributed by atoms with E-state index in [1.807, 2.05) is 13.0 Å². The van der Waals surface area contributed by atoms with Gasteiger partial charge in [-0.2, -0.15) is 8.42 Å². The predicted molar refractivity (Wildman–Crippen MR) is 131 cm³/mol. The van der Waals surface area contributed by atoms with Crippen LogP contribution < -0.4 is 19.9 Å². The van der Waals surface area contributed by atoms with Crippen LogP contribution in [-0.4, -0.2) is 37.4 Å². The Balaban J connectivity index is 1.85. The van der Waals surface area contributed by atoms with Gasteiger partial charge < -0.3 is 9.47 Å². The summed E-state index contributed by atoms with van der Waals surface area (Å²) in [5, 5.41) is 2.05. The number of ether oxygens (including phenoxy) is 2. The molecule has 178 valence electrons. The number of hydrogen-bond acceptors (Lipinski definition) is 4. The molecular formula is C26H34NO5S+. The minimum absolute atomic E-state index is 0.100. The Labute approximate surface area is 196 Å². The molecule has 0 unspecified atom stereocenters. The lowest BCUT2D eigenvalue weighted by Gasteiger charge is -2.34. The average Bonchev–Trinajstić information content (AvgIpc) is 2.67. The second-order valence-corrected chi connectivity index (χ2v) is 11.9. The van der Waals surface area contributed by atoms with E-state index < -0.39 is 10.1 Å². The van der Waals surface area contributed by atoms with E-state index in [4.69, 9.17) is 9.47 Å². The lowest BCUT2D eigenvalue weighted by molar-refractivity contribution is 0.189. The van der Waals surface area contributed by atoms with Gasteiger partial charge in [-0.25, -0.2) is 4.58 Å². The summed E-state index contributed by atoms with van der Waals surface area (Å²) in [6, 6.07) is 4.23. The van der Waals surface area contributed by atoms with Crippen LogP contribution in [0.5, 0.6) is 5.75 Å². The number of allylic oxidation sites excluding steroid dienone is 4. The van der Waals surface area contributed by atoms with Gasteiger partial charge in [0.1, 0.15) is 23.8 Å². The molecule has 0 spiro atoms. The highest BCUT2D eigenvalue weighted by atomic mass is 32.2. The minimum atomic E-state index is -4.00. The first kappa shape index (κ1) is 23.8. The van der Waals surface area contributed by atoms with Gasteiger partial charge in [0.25, 0.3) is 10.1 Å². The molecule has 1 aromatic carbocycles. The van der Waals surface area contributed by atoms with Crippen LogP contribution >= 0.6 is 0 Å². The molecule has 0 bridgehead atoms. The highest BCUT2D eigenvalue weighted by molar-refractivity contribution is 7.85. The molecule has 0 saturated heterocycles.